The van der Waals surface area contributed by atoms with Crippen LogP contribution in [-0.2, 0) is 0 Å². The van der Waals surface area contributed by atoms with Crippen LogP contribution in [-0.4, -0.2) is 14.5 Å². The Balaban J connectivity index is 1.37. The molecule has 7 aromatic carbocycles. The zero-order valence-corrected chi connectivity index (χ0v) is 25.5. The van der Waals surface area contributed by atoms with Crippen LogP contribution in [0.15, 0.2) is 152 Å². The van der Waals surface area contributed by atoms with Gasteiger partial charge in [0.05, 0.1) is 22.1 Å². The Kier molecular flexibility index (Phi) is 5.45. The van der Waals surface area contributed by atoms with Gasteiger partial charge in [-0.2, -0.15) is 0 Å². The summed E-state index contributed by atoms with van der Waals surface area (Å²) < 4.78 is 4.97. The van der Waals surface area contributed by atoms with Gasteiger partial charge in [0.1, 0.15) is 5.69 Å². The molecular weight excluding hydrogens is 579 g/mol. The van der Waals surface area contributed by atoms with Crippen molar-refractivity contribution in [3.05, 3.63) is 152 Å². The summed E-state index contributed by atoms with van der Waals surface area (Å²) >= 11 is 1.86. The van der Waals surface area contributed by atoms with E-state index in [-0.39, 0.29) is 0 Å². The average molecular weight is 604 g/mol. The lowest BCUT2D eigenvalue weighted by Gasteiger charge is -2.15. The van der Waals surface area contributed by atoms with Gasteiger partial charge >= 0.3 is 0 Å². The molecule has 0 radical (unpaired) electrons. The molecule has 0 saturated heterocycles. The standard InChI is InChI=1S/C42H25N3S/c1-2-12-27(13-3-1)40-42(44-35-19-8-7-18-34(35)43-40)45-36-24-22-26-11-4-5-14-29(26)39(36)33-17-10-16-30(41(33)45)28-21-23-32-31-15-6-9-20-37(31)46-38(32)25-28/h1-25H. The SMILES string of the molecule is c1ccc(-c2nc3ccccc3nc2-n2c3ccc4ccccc4c3c3cccc(-c4ccc5c(c4)sc4ccccc45)c32)cc1. The fourth-order valence-corrected chi connectivity index (χ4v) is 8.26. The Morgan fingerprint density at radius 2 is 1.20 bits per heavy atom. The largest absolute Gasteiger partial charge is 0.291 e. The first-order valence-corrected chi connectivity index (χ1v) is 16.3. The minimum absolute atomic E-state index is 0.829. The van der Waals surface area contributed by atoms with E-state index < -0.39 is 0 Å². The first kappa shape index (κ1) is 25.5. The molecule has 0 fully saturated rings. The van der Waals surface area contributed by atoms with Gasteiger partial charge in [-0.1, -0.05) is 121 Å². The van der Waals surface area contributed by atoms with Crippen molar-refractivity contribution in [2.75, 3.05) is 0 Å². The number of fused-ring (bicyclic) bond motifs is 9. The molecule has 3 aromatic heterocycles. The van der Waals surface area contributed by atoms with Crippen LogP contribution >= 0.6 is 11.3 Å². The highest BCUT2D eigenvalue weighted by Gasteiger charge is 2.23. The van der Waals surface area contributed by atoms with E-state index >= 15 is 0 Å². The Hall–Kier alpha value is -5.84. The summed E-state index contributed by atoms with van der Waals surface area (Å²) in [5.74, 6) is 0.829. The van der Waals surface area contributed by atoms with Gasteiger partial charge in [0.15, 0.2) is 5.82 Å². The molecule has 214 valence electrons. The van der Waals surface area contributed by atoms with Crippen molar-refractivity contribution in [3.8, 4) is 28.2 Å². The van der Waals surface area contributed by atoms with Crippen LogP contribution in [0.25, 0.3) is 92.0 Å². The zero-order chi connectivity index (χ0) is 30.2. The van der Waals surface area contributed by atoms with Crippen LogP contribution in [0.3, 0.4) is 0 Å². The van der Waals surface area contributed by atoms with Gasteiger partial charge in [-0.3, -0.25) is 4.57 Å². The smallest absolute Gasteiger partial charge is 0.165 e. The number of nitrogens with zero attached hydrogens (tertiary/aromatic N) is 3. The molecule has 4 heteroatoms. The number of hydrogen-bond donors (Lipinski definition) is 0. The highest BCUT2D eigenvalue weighted by Crippen LogP contribution is 2.44. The molecule has 0 unspecified atom stereocenters. The quantitative estimate of drug-likeness (QED) is 0.201. The summed E-state index contributed by atoms with van der Waals surface area (Å²) in [6.45, 7) is 0. The Bertz CT molecular complexity index is 2810. The second-order valence-corrected chi connectivity index (χ2v) is 12.9. The van der Waals surface area contributed by atoms with Gasteiger partial charge in [0, 0.05) is 42.1 Å². The van der Waals surface area contributed by atoms with E-state index in [1.54, 1.807) is 0 Å². The van der Waals surface area contributed by atoms with Crippen molar-refractivity contribution >= 4 is 75.1 Å². The lowest BCUT2D eigenvalue weighted by Crippen LogP contribution is -2.04. The molecule has 10 aromatic rings. The normalized spacial score (nSPS) is 11.9. The summed E-state index contributed by atoms with van der Waals surface area (Å²) in [7, 11) is 0. The molecule has 3 nitrogen and oxygen atoms in total. The summed E-state index contributed by atoms with van der Waals surface area (Å²) in [6.07, 6.45) is 0. The van der Waals surface area contributed by atoms with E-state index in [1.165, 1.54) is 52.8 Å². The molecule has 46 heavy (non-hydrogen) atoms. The Labute approximate surface area is 268 Å². The van der Waals surface area contributed by atoms with E-state index in [9.17, 15) is 0 Å². The number of rotatable bonds is 3. The first-order valence-electron chi connectivity index (χ1n) is 15.5. The van der Waals surface area contributed by atoms with Crippen LogP contribution in [0.5, 0.6) is 0 Å². The fourth-order valence-electron chi connectivity index (χ4n) is 7.12. The number of thiophene rings is 1. The number of hydrogen-bond acceptors (Lipinski definition) is 3. The molecule has 0 spiro atoms. The molecule has 0 atom stereocenters. The van der Waals surface area contributed by atoms with Crippen molar-refractivity contribution in [2.45, 2.75) is 0 Å². The Morgan fingerprint density at radius 1 is 0.478 bits per heavy atom. The molecule has 0 aliphatic heterocycles. The predicted molar refractivity (Wildman–Crippen MR) is 195 cm³/mol. The van der Waals surface area contributed by atoms with Crippen LogP contribution in [0.2, 0.25) is 0 Å². The van der Waals surface area contributed by atoms with E-state index in [4.69, 9.17) is 9.97 Å². The lowest BCUT2D eigenvalue weighted by atomic mass is 9.99. The fraction of sp³-hybridized carbons (Fsp3) is 0. The van der Waals surface area contributed by atoms with E-state index in [0.29, 0.717) is 0 Å². The molecule has 0 saturated carbocycles. The maximum absolute atomic E-state index is 5.39. The molecule has 0 N–H and O–H groups in total. The van der Waals surface area contributed by atoms with Gasteiger partial charge in [-0.05, 0) is 46.7 Å². The molecule has 3 heterocycles. The third-order valence-corrected chi connectivity index (χ3v) is 10.3. The van der Waals surface area contributed by atoms with Crippen LogP contribution in [0.4, 0.5) is 0 Å². The molecule has 0 bridgehead atoms. The monoisotopic (exact) mass is 603 g/mol. The topological polar surface area (TPSA) is 30.7 Å². The van der Waals surface area contributed by atoms with Crippen molar-refractivity contribution in [3.63, 3.8) is 0 Å². The van der Waals surface area contributed by atoms with Crippen LogP contribution in [0.1, 0.15) is 0 Å². The van der Waals surface area contributed by atoms with Gasteiger partial charge in [0.25, 0.3) is 0 Å². The molecule has 0 aliphatic rings. The lowest BCUT2D eigenvalue weighted by molar-refractivity contribution is 1.08. The predicted octanol–water partition coefficient (Wildman–Crippen LogP) is 11.6. The molecule has 0 aliphatic carbocycles. The van der Waals surface area contributed by atoms with Crippen molar-refractivity contribution < 1.29 is 0 Å². The Morgan fingerprint density at radius 3 is 2.09 bits per heavy atom. The van der Waals surface area contributed by atoms with E-state index in [2.05, 4.69) is 132 Å². The summed E-state index contributed by atoms with van der Waals surface area (Å²) in [5, 5.41) is 7.50. The highest BCUT2D eigenvalue weighted by atomic mass is 32.1. The van der Waals surface area contributed by atoms with Crippen molar-refractivity contribution in [1.82, 2.24) is 14.5 Å². The van der Waals surface area contributed by atoms with E-state index in [0.717, 1.165) is 39.1 Å². The maximum Gasteiger partial charge on any atom is 0.165 e. The third kappa shape index (κ3) is 3.71. The van der Waals surface area contributed by atoms with Gasteiger partial charge < -0.3 is 0 Å². The second-order valence-electron chi connectivity index (χ2n) is 11.8. The van der Waals surface area contributed by atoms with Crippen LogP contribution in [0, 0.1) is 0 Å². The minimum Gasteiger partial charge on any atom is -0.291 e. The highest BCUT2D eigenvalue weighted by molar-refractivity contribution is 7.25. The number of para-hydroxylation sites is 3. The van der Waals surface area contributed by atoms with Gasteiger partial charge in [-0.15, -0.1) is 11.3 Å². The maximum atomic E-state index is 5.39. The molecular formula is C42H25N3S. The second kappa shape index (κ2) is 9.83. The number of benzene rings is 7. The van der Waals surface area contributed by atoms with Crippen LogP contribution < -0.4 is 0 Å². The molecule has 0 amide bonds. The van der Waals surface area contributed by atoms with Crippen molar-refractivity contribution in [2.24, 2.45) is 0 Å². The minimum atomic E-state index is 0.829. The zero-order valence-electron chi connectivity index (χ0n) is 24.7. The van der Waals surface area contributed by atoms with Crippen molar-refractivity contribution in [1.29, 1.82) is 0 Å². The summed E-state index contributed by atoms with van der Waals surface area (Å²) in [5.41, 5.74) is 8.27. The van der Waals surface area contributed by atoms with Gasteiger partial charge in [0.2, 0.25) is 0 Å². The third-order valence-electron chi connectivity index (χ3n) is 9.18. The first-order chi connectivity index (χ1) is 22.8. The summed E-state index contributed by atoms with van der Waals surface area (Å²) in [4.78, 5) is 10.7. The average Bonchev–Trinajstić information content (AvgIpc) is 3.67. The van der Waals surface area contributed by atoms with E-state index in [1.807, 2.05) is 35.6 Å². The van der Waals surface area contributed by atoms with Gasteiger partial charge in [-0.25, -0.2) is 9.97 Å². The number of aromatic nitrogens is 3. The molecule has 10 rings (SSSR count). The summed E-state index contributed by atoms with van der Waals surface area (Å²) in [6, 6.07) is 54.1.